The molecule has 4 heteroatoms. The van der Waals surface area contributed by atoms with Gasteiger partial charge in [0, 0.05) is 19.0 Å². The van der Waals surface area contributed by atoms with Gasteiger partial charge in [-0.25, -0.2) is 0 Å². The molecule has 2 amide bonds. The Hall–Kier alpha value is -2.62. The zero-order valence-electron chi connectivity index (χ0n) is 19.8. The quantitative estimate of drug-likeness (QED) is 0.528. The summed E-state index contributed by atoms with van der Waals surface area (Å²) in [7, 11) is 0. The molecule has 1 atom stereocenters. The molecule has 0 radical (unpaired) electrons. The molecule has 1 N–H and O–H groups in total. The molecule has 1 aliphatic rings. The molecule has 0 spiro atoms. The first-order valence-electron chi connectivity index (χ1n) is 12.2. The molecular weight excluding hydrogens is 396 g/mol. The summed E-state index contributed by atoms with van der Waals surface area (Å²) in [4.78, 5) is 28.3. The van der Waals surface area contributed by atoms with Crippen molar-refractivity contribution in [1.82, 2.24) is 10.2 Å². The second-order valence-corrected chi connectivity index (χ2v) is 9.32. The summed E-state index contributed by atoms with van der Waals surface area (Å²) in [5.74, 6) is 0.524. The van der Waals surface area contributed by atoms with E-state index in [9.17, 15) is 9.59 Å². The lowest BCUT2D eigenvalue weighted by atomic mass is 10.00. The highest BCUT2D eigenvalue weighted by molar-refractivity contribution is 5.88. The maximum Gasteiger partial charge on any atom is 0.243 e. The van der Waals surface area contributed by atoms with E-state index in [-0.39, 0.29) is 17.9 Å². The van der Waals surface area contributed by atoms with Crippen molar-refractivity contribution in [1.29, 1.82) is 0 Å². The monoisotopic (exact) mass is 434 g/mol. The maximum atomic E-state index is 13.4. The Morgan fingerprint density at radius 1 is 0.969 bits per heavy atom. The van der Waals surface area contributed by atoms with Crippen LogP contribution in [-0.4, -0.2) is 28.8 Å². The van der Waals surface area contributed by atoms with Gasteiger partial charge in [0.05, 0.1) is 0 Å². The van der Waals surface area contributed by atoms with E-state index in [1.54, 1.807) is 4.90 Å². The smallest absolute Gasteiger partial charge is 0.243 e. The molecule has 0 aliphatic heterocycles. The average molecular weight is 435 g/mol. The summed E-state index contributed by atoms with van der Waals surface area (Å²) >= 11 is 0. The lowest BCUT2D eigenvalue weighted by Crippen LogP contribution is -2.51. The molecule has 1 aliphatic carbocycles. The molecule has 2 aromatic rings. The average Bonchev–Trinajstić information content (AvgIpc) is 3.31. The largest absolute Gasteiger partial charge is 0.352 e. The Labute approximate surface area is 193 Å². The van der Waals surface area contributed by atoms with E-state index in [2.05, 4.69) is 43.4 Å². The van der Waals surface area contributed by atoms with Gasteiger partial charge in [-0.2, -0.15) is 0 Å². The third-order valence-corrected chi connectivity index (χ3v) is 6.56. The summed E-state index contributed by atoms with van der Waals surface area (Å²) in [6.45, 7) is 6.82. The third-order valence-electron chi connectivity index (χ3n) is 6.56. The number of amides is 2. The van der Waals surface area contributed by atoms with Crippen LogP contribution in [0.3, 0.4) is 0 Å². The van der Waals surface area contributed by atoms with Crippen molar-refractivity contribution in [2.45, 2.75) is 90.3 Å². The fraction of sp³-hybridized carbons (Fsp3) is 0.500. The van der Waals surface area contributed by atoms with Crippen LogP contribution in [-0.2, 0) is 22.6 Å². The van der Waals surface area contributed by atoms with Crippen molar-refractivity contribution in [3.63, 3.8) is 0 Å². The minimum Gasteiger partial charge on any atom is -0.352 e. The molecule has 2 aromatic carbocycles. The van der Waals surface area contributed by atoms with Crippen LogP contribution in [0, 0.1) is 0 Å². The Kier molecular flexibility index (Phi) is 8.90. The van der Waals surface area contributed by atoms with E-state index < -0.39 is 6.04 Å². The predicted octanol–water partition coefficient (Wildman–Crippen LogP) is 5.61. The van der Waals surface area contributed by atoms with E-state index in [0.717, 1.165) is 24.0 Å². The number of aryl methyl sites for hydroxylation is 1. The number of carbonyl (C=O) groups is 2. The van der Waals surface area contributed by atoms with Crippen LogP contribution in [0.25, 0.3) is 0 Å². The number of hydrogen-bond acceptors (Lipinski definition) is 2. The summed E-state index contributed by atoms with van der Waals surface area (Å²) in [6, 6.07) is 18.3. The molecule has 1 fully saturated rings. The summed E-state index contributed by atoms with van der Waals surface area (Å²) in [5, 5.41) is 3.21. The maximum absolute atomic E-state index is 13.4. The molecule has 0 unspecified atom stereocenters. The fourth-order valence-electron chi connectivity index (χ4n) is 4.53. The van der Waals surface area contributed by atoms with Crippen molar-refractivity contribution in [3.8, 4) is 0 Å². The minimum atomic E-state index is -0.438. The van der Waals surface area contributed by atoms with Crippen LogP contribution in [0.15, 0.2) is 54.6 Å². The standard InChI is InChI=1S/C28H38N2O2/c1-4-26(28(32)29-25-12-8-9-13-25)30(20-23-10-6-5-7-11-23)27(31)19-16-22-14-17-24(18-15-22)21(2)3/h5-7,10-11,14-15,17-18,21,25-26H,4,8-9,12-13,16,19-20H2,1-3H3,(H,29,32)/t26-/m0/s1. The third kappa shape index (κ3) is 6.69. The van der Waals surface area contributed by atoms with Gasteiger partial charge >= 0.3 is 0 Å². The van der Waals surface area contributed by atoms with Crippen molar-refractivity contribution in [2.24, 2.45) is 0 Å². The van der Waals surface area contributed by atoms with Gasteiger partial charge < -0.3 is 10.2 Å². The van der Waals surface area contributed by atoms with E-state index >= 15 is 0 Å². The first-order chi connectivity index (χ1) is 15.5. The molecule has 0 saturated heterocycles. The number of carbonyl (C=O) groups excluding carboxylic acids is 2. The fourth-order valence-corrected chi connectivity index (χ4v) is 4.53. The number of nitrogens with zero attached hydrogens (tertiary/aromatic N) is 1. The molecule has 32 heavy (non-hydrogen) atoms. The Morgan fingerprint density at radius 2 is 1.62 bits per heavy atom. The highest BCUT2D eigenvalue weighted by Crippen LogP contribution is 2.20. The van der Waals surface area contributed by atoms with Crippen molar-refractivity contribution >= 4 is 11.8 Å². The number of benzene rings is 2. The molecule has 3 rings (SSSR count). The van der Waals surface area contributed by atoms with Crippen LogP contribution >= 0.6 is 0 Å². The second-order valence-electron chi connectivity index (χ2n) is 9.32. The highest BCUT2D eigenvalue weighted by Gasteiger charge is 2.30. The lowest BCUT2D eigenvalue weighted by molar-refractivity contribution is -0.141. The summed E-state index contributed by atoms with van der Waals surface area (Å²) in [5.41, 5.74) is 3.51. The molecule has 0 heterocycles. The van der Waals surface area contributed by atoms with Gasteiger partial charge in [0.2, 0.25) is 11.8 Å². The van der Waals surface area contributed by atoms with Gasteiger partial charge in [-0.15, -0.1) is 0 Å². The highest BCUT2D eigenvalue weighted by atomic mass is 16.2. The number of hydrogen-bond donors (Lipinski definition) is 1. The number of nitrogens with one attached hydrogen (secondary N) is 1. The first-order valence-corrected chi connectivity index (χ1v) is 12.2. The van der Waals surface area contributed by atoms with Gasteiger partial charge in [-0.1, -0.05) is 88.2 Å². The molecule has 4 nitrogen and oxygen atoms in total. The lowest BCUT2D eigenvalue weighted by Gasteiger charge is -2.31. The van der Waals surface area contributed by atoms with E-state index in [0.29, 0.717) is 31.7 Å². The van der Waals surface area contributed by atoms with E-state index in [1.165, 1.54) is 18.4 Å². The van der Waals surface area contributed by atoms with E-state index in [1.807, 2.05) is 37.3 Å². The topological polar surface area (TPSA) is 49.4 Å². The zero-order chi connectivity index (χ0) is 22.9. The predicted molar refractivity (Wildman–Crippen MR) is 130 cm³/mol. The van der Waals surface area contributed by atoms with Gasteiger partial charge in [0.1, 0.15) is 6.04 Å². The van der Waals surface area contributed by atoms with Crippen molar-refractivity contribution < 1.29 is 9.59 Å². The summed E-state index contributed by atoms with van der Waals surface area (Å²) in [6.07, 6.45) is 6.13. The van der Waals surface area contributed by atoms with Crippen LogP contribution in [0.4, 0.5) is 0 Å². The Balaban J connectivity index is 1.71. The number of rotatable bonds is 10. The molecule has 1 saturated carbocycles. The normalized spacial score (nSPS) is 15.0. The molecule has 0 aromatic heterocycles. The Bertz CT molecular complexity index is 855. The first kappa shape index (κ1) is 24.0. The SMILES string of the molecule is CC[C@@H](C(=O)NC1CCCC1)N(Cc1ccccc1)C(=O)CCc1ccc(C(C)C)cc1. The van der Waals surface area contributed by atoms with Gasteiger partial charge in [0.15, 0.2) is 0 Å². The van der Waals surface area contributed by atoms with E-state index in [4.69, 9.17) is 0 Å². The van der Waals surface area contributed by atoms with Crippen LogP contribution in [0.1, 0.15) is 81.9 Å². The van der Waals surface area contributed by atoms with Crippen molar-refractivity contribution in [3.05, 3.63) is 71.3 Å². The second kappa shape index (κ2) is 11.8. The minimum absolute atomic E-state index is 0.00929. The van der Waals surface area contributed by atoms with Gasteiger partial charge in [0.25, 0.3) is 0 Å². The van der Waals surface area contributed by atoms with Crippen molar-refractivity contribution in [2.75, 3.05) is 0 Å². The van der Waals surface area contributed by atoms with Crippen LogP contribution in [0.2, 0.25) is 0 Å². The Morgan fingerprint density at radius 3 is 2.22 bits per heavy atom. The molecular formula is C28H38N2O2. The summed E-state index contributed by atoms with van der Waals surface area (Å²) < 4.78 is 0. The van der Waals surface area contributed by atoms with Gasteiger partial charge in [-0.3, -0.25) is 9.59 Å². The van der Waals surface area contributed by atoms with Gasteiger partial charge in [-0.05, 0) is 48.3 Å². The molecule has 172 valence electrons. The zero-order valence-corrected chi connectivity index (χ0v) is 19.8. The van der Waals surface area contributed by atoms with Crippen LogP contribution < -0.4 is 5.32 Å². The van der Waals surface area contributed by atoms with Crippen LogP contribution in [0.5, 0.6) is 0 Å². The molecule has 0 bridgehead atoms.